The maximum Gasteiger partial charge on any atom is 0.323 e. The van der Waals surface area contributed by atoms with Crippen molar-refractivity contribution in [1.29, 1.82) is 5.26 Å². The molecule has 0 aromatic heterocycles. The van der Waals surface area contributed by atoms with Crippen molar-refractivity contribution < 1.29 is 14.3 Å². The Balaban J connectivity index is 2.88. The zero-order valence-corrected chi connectivity index (χ0v) is 10.3. The van der Waals surface area contributed by atoms with Crippen LogP contribution in [0.25, 0.3) is 0 Å². The van der Waals surface area contributed by atoms with Crippen molar-refractivity contribution in [2.24, 2.45) is 0 Å². The Morgan fingerprint density at radius 1 is 1.61 bits per heavy atom. The zero-order valence-electron chi connectivity index (χ0n) is 10.3. The van der Waals surface area contributed by atoms with Gasteiger partial charge in [0.05, 0.1) is 5.56 Å². The second-order valence-corrected chi connectivity index (χ2v) is 4.23. The van der Waals surface area contributed by atoms with Gasteiger partial charge < -0.3 is 5.11 Å². The summed E-state index contributed by atoms with van der Waals surface area (Å²) in [5.74, 6) is -1.59. The van der Waals surface area contributed by atoms with Gasteiger partial charge in [-0.3, -0.25) is 10.1 Å². The fourth-order valence-electron chi connectivity index (χ4n) is 1.44. The lowest BCUT2D eigenvalue weighted by Crippen LogP contribution is -2.48. The van der Waals surface area contributed by atoms with Crippen molar-refractivity contribution in [2.45, 2.75) is 32.4 Å². The molecule has 0 spiro atoms. The molecule has 0 aliphatic heterocycles. The highest BCUT2D eigenvalue weighted by Crippen LogP contribution is 2.15. The number of hydrogen-bond acceptors (Lipinski definition) is 3. The van der Waals surface area contributed by atoms with Gasteiger partial charge in [-0.05, 0) is 19.4 Å². The largest absolute Gasteiger partial charge is 0.480 e. The number of aliphatic carboxylic acids is 1. The molecule has 1 aromatic carbocycles. The van der Waals surface area contributed by atoms with Gasteiger partial charge in [-0.2, -0.15) is 5.26 Å². The van der Waals surface area contributed by atoms with Crippen LogP contribution in [0.2, 0.25) is 0 Å². The second kappa shape index (κ2) is 5.61. The van der Waals surface area contributed by atoms with E-state index in [9.17, 15) is 9.18 Å². The number of carboxylic acid groups (broad SMARTS) is 1. The Kier molecular flexibility index (Phi) is 4.40. The molecule has 1 rings (SSSR count). The minimum absolute atomic E-state index is 0.0390. The predicted octanol–water partition coefficient (Wildman–Crippen LogP) is 2.04. The normalized spacial score (nSPS) is 13.7. The highest BCUT2D eigenvalue weighted by atomic mass is 19.1. The van der Waals surface area contributed by atoms with Gasteiger partial charge in [0.25, 0.3) is 0 Å². The molecular formula is C13H15FN2O2. The van der Waals surface area contributed by atoms with Gasteiger partial charge in [0.2, 0.25) is 0 Å². The van der Waals surface area contributed by atoms with E-state index in [1.807, 2.05) is 0 Å². The quantitative estimate of drug-likeness (QED) is 0.838. The van der Waals surface area contributed by atoms with Crippen LogP contribution in [0.1, 0.15) is 31.4 Å². The lowest BCUT2D eigenvalue weighted by molar-refractivity contribution is -0.144. The van der Waals surface area contributed by atoms with Gasteiger partial charge in [-0.25, -0.2) is 4.39 Å². The van der Waals surface area contributed by atoms with Gasteiger partial charge in [-0.1, -0.05) is 19.1 Å². The molecular weight excluding hydrogens is 235 g/mol. The molecule has 0 aliphatic carbocycles. The summed E-state index contributed by atoms with van der Waals surface area (Å²) in [6.07, 6.45) is 0.377. The van der Waals surface area contributed by atoms with Gasteiger partial charge in [0.15, 0.2) is 0 Å². The van der Waals surface area contributed by atoms with Crippen LogP contribution in [-0.4, -0.2) is 16.6 Å². The Morgan fingerprint density at radius 2 is 2.28 bits per heavy atom. The number of halogens is 1. The minimum Gasteiger partial charge on any atom is -0.480 e. The number of nitrogens with zero attached hydrogens (tertiary/aromatic N) is 1. The monoisotopic (exact) mass is 250 g/mol. The first-order valence-corrected chi connectivity index (χ1v) is 5.60. The molecule has 0 bridgehead atoms. The number of hydrogen-bond donors (Lipinski definition) is 2. The van der Waals surface area contributed by atoms with E-state index in [2.05, 4.69) is 5.32 Å². The fourth-order valence-corrected chi connectivity index (χ4v) is 1.44. The molecule has 0 fully saturated rings. The standard InChI is InChI=1S/C13H15FN2O2/c1-3-13(2,12(17)18)16-8-10-6-4-5-9(7-15)11(10)14/h4-6,16H,3,8H2,1-2H3,(H,17,18). The number of nitrogens with one attached hydrogen (secondary N) is 1. The Morgan fingerprint density at radius 3 is 2.78 bits per heavy atom. The number of nitriles is 1. The van der Waals surface area contributed by atoms with Gasteiger partial charge in [0.1, 0.15) is 17.4 Å². The Hall–Kier alpha value is -1.93. The Bertz CT molecular complexity index is 496. The van der Waals surface area contributed by atoms with Crippen molar-refractivity contribution in [3.05, 3.63) is 35.1 Å². The van der Waals surface area contributed by atoms with E-state index in [4.69, 9.17) is 10.4 Å². The number of carbonyl (C=O) groups is 1. The molecule has 18 heavy (non-hydrogen) atoms. The number of benzene rings is 1. The molecule has 1 atom stereocenters. The van der Waals surface area contributed by atoms with Gasteiger partial charge in [0, 0.05) is 12.1 Å². The summed E-state index contributed by atoms with van der Waals surface area (Å²) in [6.45, 7) is 3.35. The Labute approximate surface area is 105 Å². The molecule has 0 aliphatic rings. The van der Waals surface area contributed by atoms with E-state index in [0.29, 0.717) is 6.42 Å². The third kappa shape index (κ3) is 2.84. The number of rotatable bonds is 5. The molecule has 0 radical (unpaired) electrons. The maximum absolute atomic E-state index is 13.7. The van der Waals surface area contributed by atoms with E-state index in [0.717, 1.165) is 0 Å². The van der Waals surface area contributed by atoms with E-state index in [1.54, 1.807) is 26.0 Å². The molecule has 0 saturated carbocycles. The SMILES string of the molecule is CCC(C)(NCc1cccc(C#N)c1F)C(=O)O. The van der Waals surface area contributed by atoms with Crippen LogP contribution in [0, 0.1) is 17.1 Å². The van der Waals surface area contributed by atoms with Crippen molar-refractivity contribution in [1.82, 2.24) is 5.32 Å². The molecule has 4 nitrogen and oxygen atoms in total. The summed E-state index contributed by atoms with van der Waals surface area (Å²) in [4.78, 5) is 11.1. The summed E-state index contributed by atoms with van der Waals surface area (Å²) in [7, 11) is 0. The fraction of sp³-hybridized carbons (Fsp3) is 0.385. The van der Waals surface area contributed by atoms with Crippen molar-refractivity contribution in [2.75, 3.05) is 0 Å². The molecule has 1 unspecified atom stereocenters. The van der Waals surface area contributed by atoms with E-state index < -0.39 is 17.3 Å². The van der Waals surface area contributed by atoms with Gasteiger partial charge >= 0.3 is 5.97 Å². The number of carboxylic acids is 1. The van der Waals surface area contributed by atoms with Gasteiger partial charge in [-0.15, -0.1) is 0 Å². The van der Waals surface area contributed by atoms with Crippen LogP contribution in [0.15, 0.2) is 18.2 Å². The first-order chi connectivity index (χ1) is 8.44. The maximum atomic E-state index is 13.7. The second-order valence-electron chi connectivity index (χ2n) is 4.23. The zero-order chi connectivity index (χ0) is 13.8. The summed E-state index contributed by atoms with van der Waals surface area (Å²) < 4.78 is 13.7. The van der Waals surface area contributed by atoms with Crippen molar-refractivity contribution in [3.63, 3.8) is 0 Å². The van der Waals surface area contributed by atoms with E-state index in [-0.39, 0.29) is 17.7 Å². The summed E-state index contributed by atoms with van der Waals surface area (Å²) in [5.41, 5.74) is -0.854. The summed E-state index contributed by atoms with van der Waals surface area (Å²) in [6, 6.07) is 6.24. The van der Waals surface area contributed by atoms with Crippen LogP contribution in [0.5, 0.6) is 0 Å². The van der Waals surface area contributed by atoms with Crippen molar-refractivity contribution >= 4 is 5.97 Å². The smallest absolute Gasteiger partial charge is 0.323 e. The lowest BCUT2D eigenvalue weighted by Gasteiger charge is -2.24. The third-order valence-corrected chi connectivity index (χ3v) is 3.05. The summed E-state index contributed by atoms with van der Waals surface area (Å²) in [5, 5.41) is 20.6. The summed E-state index contributed by atoms with van der Waals surface area (Å²) >= 11 is 0. The van der Waals surface area contributed by atoms with Crippen LogP contribution in [0.4, 0.5) is 4.39 Å². The van der Waals surface area contributed by atoms with E-state index >= 15 is 0 Å². The highest BCUT2D eigenvalue weighted by Gasteiger charge is 2.30. The van der Waals surface area contributed by atoms with Crippen molar-refractivity contribution in [3.8, 4) is 6.07 Å². The highest BCUT2D eigenvalue weighted by molar-refractivity contribution is 5.78. The first kappa shape index (κ1) is 14.1. The molecule has 1 aromatic rings. The third-order valence-electron chi connectivity index (χ3n) is 3.05. The van der Waals surface area contributed by atoms with E-state index in [1.165, 1.54) is 12.1 Å². The molecule has 96 valence electrons. The van der Waals surface area contributed by atoms with Crippen LogP contribution in [-0.2, 0) is 11.3 Å². The molecule has 0 heterocycles. The molecule has 2 N–H and O–H groups in total. The topological polar surface area (TPSA) is 73.1 Å². The molecule has 0 amide bonds. The van der Waals surface area contributed by atoms with Crippen LogP contribution in [0.3, 0.4) is 0 Å². The lowest BCUT2D eigenvalue weighted by atomic mass is 9.98. The average molecular weight is 250 g/mol. The minimum atomic E-state index is -1.10. The first-order valence-electron chi connectivity index (χ1n) is 5.60. The van der Waals surface area contributed by atoms with Crippen LogP contribution < -0.4 is 5.32 Å². The molecule has 5 heteroatoms. The van der Waals surface area contributed by atoms with Crippen LogP contribution >= 0.6 is 0 Å². The molecule has 0 saturated heterocycles. The average Bonchev–Trinajstić information content (AvgIpc) is 2.37. The predicted molar refractivity (Wildman–Crippen MR) is 64.3 cm³/mol.